The van der Waals surface area contributed by atoms with Gasteiger partial charge in [0.15, 0.2) is 0 Å². The molecule has 0 heterocycles. The standard InChI is InChI=1S/C20H22O2/c1-11-5-3-7-14-16(21)9-13-10-17(22)15-8-4-6-12(2)19(15)20(13)18(11)14/h3-8,13,16-17,20-22H,9-10H2,1-2H3. The van der Waals surface area contributed by atoms with Crippen LogP contribution in [0.5, 0.6) is 0 Å². The molecule has 0 aromatic heterocycles. The van der Waals surface area contributed by atoms with Crippen molar-refractivity contribution in [2.45, 2.75) is 44.8 Å². The average molecular weight is 294 g/mol. The summed E-state index contributed by atoms with van der Waals surface area (Å²) in [6, 6.07) is 12.5. The first-order valence-corrected chi connectivity index (χ1v) is 8.13. The predicted octanol–water partition coefficient (Wildman–Crippen LogP) is 3.93. The van der Waals surface area contributed by atoms with Crippen LogP contribution < -0.4 is 0 Å². The van der Waals surface area contributed by atoms with Gasteiger partial charge in [-0.2, -0.15) is 0 Å². The Morgan fingerprint density at radius 1 is 0.773 bits per heavy atom. The van der Waals surface area contributed by atoms with Crippen LogP contribution >= 0.6 is 0 Å². The molecule has 114 valence electrons. The van der Waals surface area contributed by atoms with Crippen molar-refractivity contribution in [2.75, 3.05) is 0 Å². The van der Waals surface area contributed by atoms with Gasteiger partial charge >= 0.3 is 0 Å². The van der Waals surface area contributed by atoms with Crippen molar-refractivity contribution >= 4 is 0 Å². The van der Waals surface area contributed by atoms with Gasteiger partial charge in [0.25, 0.3) is 0 Å². The molecule has 22 heavy (non-hydrogen) atoms. The summed E-state index contributed by atoms with van der Waals surface area (Å²) >= 11 is 0. The third-order valence-corrected chi connectivity index (χ3v) is 5.58. The third-order valence-electron chi connectivity index (χ3n) is 5.58. The zero-order valence-electron chi connectivity index (χ0n) is 13.1. The van der Waals surface area contributed by atoms with E-state index in [9.17, 15) is 10.2 Å². The summed E-state index contributed by atoms with van der Waals surface area (Å²) in [5.74, 6) is 0.617. The molecule has 2 aromatic rings. The summed E-state index contributed by atoms with van der Waals surface area (Å²) in [7, 11) is 0. The molecule has 0 radical (unpaired) electrons. The maximum Gasteiger partial charge on any atom is 0.0796 e. The molecule has 0 fully saturated rings. The second kappa shape index (κ2) is 4.94. The van der Waals surface area contributed by atoms with Gasteiger partial charge in [0.1, 0.15) is 0 Å². The molecule has 0 aliphatic heterocycles. The van der Waals surface area contributed by atoms with Crippen molar-refractivity contribution in [1.29, 1.82) is 0 Å². The Kier molecular flexibility index (Phi) is 3.14. The molecule has 2 aromatic carbocycles. The van der Waals surface area contributed by atoms with Crippen molar-refractivity contribution in [2.24, 2.45) is 5.92 Å². The highest BCUT2D eigenvalue weighted by molar-refractivity contribution is 5.52. The van der Waals surface area contributed by atoms with Gasteiger partial charge < -0.3 is 10.2 Å². The van der Waals surface area contributed by atoms with Crippen LogP contribution in [0.1, 0.15) is 64.3 Å². The molecule has 0 amide bonds. The van der Waals surface area contributed by atoms with Crippen molar-refractivity contribution < 1.29 is 10.2 Å². The molecule has 2 N–H and O–H groups in total. The lowest BCUT2D eigenvalue weighted by atomic mass is 9.62. The molecule has 0 saturated heterocycles. The van der Waals surface area contributed by atoms with Crippen LogP contribution in [0.3, 0.4) is 0 Å². The lowest BCUT2D eigenvalue weighted by Crippen LogP contribution is -2.32. The first-order valence-electron chi connectivity index (χ1n) is 8.13. The molecule has 2 nitrogen and oxygen atoms in total. The Balaban J connectivity index is 2.01. The van der Waals surface area contributed by atoms with E-state index in [0.717, 1.165) is 24.0 Å². The van der Waals surface area contributed by atoms with Gasteiger partial charge in [-0.3, -0.25) is 0 Å². The molecule has 2 aliphatic rings. The fourth-order valence-electron chi connectivity index (χ4n) is 4.65. The zero-order valence-corrected chi connectivity index (χ0v) is 13.1. The minimum absolute atomic E-state index is 0.305. The molecule has 0 bridgehead atoms. The van der Waals surface area contributed by atoms with Crippen LogP contribution in [0.15, 0.2) is 36.4 Å². The summed E-state index contributed by atoms with van der Waals surface area (Å²) < 4.78 is 0. The maximum atomic E-state index is 10.5. The molecule has 4 rings (SSSR count). The Hall–Kier alpha value is -1.64. The largest absolute Gasteiger partial charge is 0.388 e. The second-order valence-corrected chi connectivity index (χ2v) is 6.90. The minimum atomic E-state index is -0.408. The van der Waals surface area contributed by atoms with E-state index >= 15 is 0 Å². The van der Waals surface area contributed by atoms with Crippen LogP contribution in [0.4, 0.5) is 0 Å². The quantitative estimate of drug-likeness (QED) is 0.773. The van der Waals surface area contributed by atoms with Crippen LogP contribution in [0.2, 0.25) is 0 Å². The zero-order chi connectivity index (χ0) is 15.4. The SMILES string of the molecule is Cc1cccc2c1C1c3c(C)cccc3C(O)CC1CC2O. The fourth-order valence-corrected chi connectivity index (χ4v) is 4.65. The van der Waals surface area contributed by atoms with Gasteiger partial charge in [-0.05, 0) is 66.0 Å². The highest BCUT2D eigenvalue weighted by atomic mass is 16.3. The van der Waals surface area contributed by atoms with Crippen molar-refractivity contribution in [3.8, 4) is 0 Å². The van der Waals surface area contributed by atoms with Crippen LogP contribution in [0, 0.1) is 19.8 Å². The Morgan fingerprint density at radius 2 is 1.23 bits per heavy atom. The van der Waals surface area contributed by atoms with E-state index in [1.54, 1.807) is 0 Å². The van der Waals surface area contributed by atoms with Crippen molar-refractivity contribution in [1.82, 2.24) is 0 Å². The number of rotatable bonds is 0. The number of benzene rings is 2. The average Bonchev–Trinajstić information content (AvgIpc) is 2.48. The van der Waals surface area contributed by atoms with Gasteiger partial charge in [-0.25, -0.2) is 0 Å². The van der Waals surface area contributed by atoms with Gasteiger partial charge in [-0.15, -0.1) is 0 Å². The van der Waals surface area contributed by atoms with Crippen LogP contribution in [-0.2, 0) is 0 Å². The monoisotopic (exact) mass is 294 g/mol. The van der Waals surface area contributed by atoms with Crippen molar-refractivity contribution in [3.63, 3.8) is 0 Å². The first kappa shape index (κ1) is 14.0. The van der Waals surface area contributed by atoms with Gasteiger partial charge in [0, 0.05) is 5.92 Å². The van der Waals surface area contributed by atoms with E-state index in [2.05, 4.69) is 38.1 Å². The van der Waals surface area contributed by atoms with E-state index < -0.39 is 12.2 Å². The molecule has 2 unspecified atom stereocenters. The summed E-state index contributed by atoms with van der Waals surface area (Å²) in [4.78, 5) is 0. The normalized spacial score (nSPS) is 29.5. The topological polar surface area (TPSA) is 40.5 Å². The molecule has 0 saturated carbocycles. The number of aryl methyl sites for hydroxylation is 2. The molecule has 2 heteroatoms. The highest BCUT2D eigenvalue weighted by Gasteiger charge is 2.42. The number of aliphatic hydroxyl groups is 2. The first-order chi connectivity index (χ1) is 10.6. The summed E-state index contributed by atoms with van der Waals surface area (Å²) in [5, 5.41) is 21.1. The fraction of sp³-hybridized carbons (Fsp3) is 0.400. The molecule has 2 atom stereocenters. The highest BCUT2D eigenvalue weighted by Crippen LogP contribution is 2.54. The van der Waals surface area contributed by atoms with Crippen LogP contribution in [-0.4, -0.2) is 10.2 Å². The molecule has 0 spiro atoms. The molecular weight excluding hydrogens is 272 g/mol. The summed E-state index contributed by atoms with van der Waals surface area (Å²) in [6.07, 6.45) is 0.667. The minimum Gasteiger partial charge on any atom is -0.388 e. The molecule has 2 aliphatic carbocycles. The smallest absolute Gasteiger partial charge is 0.0796 e. The lowest BCUT2D eigenvalue weighted by Gasteiger charge is -2.43. The number of hydrogen-bond donors (Lipinski definition) is 2. The predicted molar refractivity (Wildman–Crippen MR) is 86.8 cm³/mol. The van der Waals surface area contributed by atoms with E-state index in [4.69, 9.17) is 0 Å². The van der Waals surface area contributed by atoms with Gasteiger partial charge in [0.2, 0.25) is 0 Å². The second-order valence-electron chi connectivity index (χ2n) is 6.90. The van der Waals surface area contributed by atoms with Gasteiger partial charge in [-0.1, -0.05) is 36.4 Å². The van der Waals surface area contributed by atoms with Crippen molar-refractivity contribution in [3.05, 3.63) is 69.8 Å². The van der Waals surface area contributed by atoms with Crippen LogP contribution in [0.25, 0.3) is 0 Å². The Labute approximate surface area is 131 Å². The van der Waals surface area contributed by atoms with Gasteiger partial charge in [0.05, 0.1) is 12.2 Å². The Bertz CT molecular complexity index is 673. The van der Waals surface area contributed by atoms with E-state index in [1.807, 2.05) is 12.1 Å². The number of fused-ring (bicyclic) bond motifs is 5. The summed E-state index contributed by atoms with van der Waals surface area (Å²) in [5.41, 5.74) is 7.22. The number of aliphatic hydroxyl groups excluding tert-OH is 2. The summed E-state index contributed by atoms with van der Waals surface area (Å²) in [6.45, 7) is 4.27. The third kappa shape index (κ3) is 1.87. The lowest BCUT2D eigenvalue weighted by molar-refractivity contribution is 0.0750. The maximum absolute atomic E-state index is 10.5. The van der Waals surface area contributed by atoms with E-state index in [1.165, 1.54) is 22.3 Å². The molecular formula is C20H22O2. The van der Waals surface area contributed by atoms with E-state index in [-0.39, 0.29) is 0 Å². The van der Waals surface area contributed by atoms with E-state index in [0.29, 0.717) is 11.8 Å². The number of hydrogen-bond acceptors (Lipinski definition) is 2. The Morgan fingerprint density at radius 3 is 1.68 bits per heavy atom.